The summed E-state index contributed by atoms with van der Waals surface area (Å²) in [4.78, 5) is 14.6. The molecule has 13 heavy (non-hydrogen) atoms. The van der Waals surface area contributed by atoms with Crippen LogP contribution in [0.25, 0.3) is 0 Å². The number of hydrogen-bond acceptors (Lipinski definition) is 2. The van der Waals surface area contributed by atoms with Crippen LogP contribution >= 0.6 is 27.5 Å². The first kappa shape index (κ1) is 10.5. The van der Waals surface area contributed by atoms with Crippen molar-refractivity contribution >= 4 is 33.4 Å². The zero-order chi connectivity index (χ0) is 9.84. The van der Waals surface area contributed by atoms with Gasteiger partial charge in [-0.05, 0) is 34.0 Å². The molecule has 0 spiro atoms. The Morgan fingerprint density at radius 3 is 2.92 bits per heavy atom. The van der Waals surface area contributed by atoms with Gasteiger partial charge >= 0.3 is 0 Å². The predicted octanol–water partition coefficient (Wildman–Crippen LogP) is 1.48. The number of hydrogen-bond donors (Lipinski definition) is 1. The highest BCUT2D eigenvalue weighted by Gasteiger charge is 2.11. The molecular weight excluding hydrogens is 255 g/mol. The first-order valence-corrected chi connectivity index (χ1v) is 4.85. The molecule has 0 aliphatic rings. The molecule has 0 aromatic carbocycles. The predicted molar refractivity (Wildman–Crippen MR) is 54.5 cm³/mol. The maximum Gasteiger partial charge on any atom is 0.235 e. The van der Waals surface area contributed by atoms with Gasteiger partial charge in [-0.1, -0.05) is 0 Å². The lowest BCUT2D eigenvalue weighted by molar-refractivity contribution is -0.117. The summed E-state index contributed by atoms with van der Waals surface area (Å²) < 4.78 is 0.860. The highest BCUT2D eigenvalue weighted by molar-refractivity contribution is 9.10. The molecule has 2 N–H and O–H groups in total. The van der Waals surface area contributed by atoms with Crippen LogP contribution in [-0.4, -0.2) is 16.3 Å². The fraction of sp³-hybridized carbons (Fsp3) is 0.250. The Morgan fingerprint density at radius 2 is 2.38 bits per heavy atom. The molecule has 0 saturated carbocycles. The van der Waals surface area contributed by atoms with Gasteiger partial charge in [0, 0.05) is 16.9 Å². The Morgan fingerprint density at radius 1 is 1.69 bits per heavy atom. The number of carbonyl (C=O) groups excluding carboxylic acids is 1. The van der Waals surface area contributed by atoms with Crippen LogP contribution in [0.1, 0.15) is 5.56 Å². The van der Waals surface area contributed by atoms with E-state index in [-0.39, 0.29) is 0 Å². The van der Waals surface area contributed by atoms with Crippen molar-refractivity contribution in [1.29, 1.82) is 0 Å². The van der Waals surface area contributed by atoms with E-state index >= 15 is 0 Å². The lowest BCUT2D eigenvalue weighted by Crippen LogP contribution is -2.25. The first-order valence-electron chi connectivity index (χ1n) is 3.62. The molecule has 5 heteroatoms. The van der Waals surface area contributed by atoms with Crippen LogP contribution in [-0.2, 0) is 11.2 Å². The summed E-state index contributed by atoms with van der Waals surface area (Å²) in [7, 11) is 0. The van der Waals surface area contributed by atoms with E-state index < -0.39 is 11.3 Å². The Balaban J connectivity index is 2.69. The number of halogens is 2. The van der Waals surface area contributed by atoms with E-state index in [4.69, 9.17) is 17.3 Å². The topological polar surface area (TPSA) is 56.0 Å². The fourth-order valence-electron chi connectivity index (χ4n) is 0.875. The number of primary amides is 1. The Kier molecular flexibility index (Phi) is 3.69. The number of amides is 1. The molecule has 70 valence electrons. The van der Waals surface area contributed by atoms with Gasteiger partial charge in [-0.25, -0.2) is 0 Å². The van der Waals surface area contributed by atoms with Gasteiger partial charge in [0.2, 0.25) is 5.91 Å². The van der Waals surface area contributed by atoms with Crippen LogP contribution in [0.3, 0.4) is 0 Å². The van der Waals surface area contributed by atoms with Gasteiger partial charge in [0.1, 0.15) is 5.38 Å². The molecule has 0 bridgehead atoms. The van der Waals surface area contributed by atoms with Crippen molar-refractivity contribution in [2.45, 2.75) is 11.8 Å². The van der Waals surface area contributed by atoms with Gasteiger partial charge in [0.15, 0.2) is 0 Å². The van der Waals surface area contributed by atoms with E-state index in [0.29, 0.717) is 6.42 Å². The van der Waals surface area contributed by atoms with Gasteiger partial charge in [-0.2, -0.15) is 0 Å². The molecule has 0 fully saturated rings. The third-order valence-corrected chi connectivity index (χ3v) is 2.29. The van der Waals surface area contributed by atoms with Crippen LogP contribution in [0.5, 0.6) is 0 Å². The van der Waals surface area contributed by atoms with E-state index in [1.807, 2.05) is 6.07 Å². The summed E-state index contributed by atoms with van der Waals surface area (Å²) in [6, 6.07) is 1.85. The third-order valence-electron chi connectivity index (χ3n) is 1.49. The average Bonchev–Trinajstić information content (AvgIpc) is 2.04. The Bertz CT molecular complexity index is 319. The third kappa shape index (κ3) is 3.32. The molecule has 1 rings (SSSR count). The van der Waals surface area contributed by atoms with Crippen LogP contribution in [0, 0.1) is 0 Å². The van der Waals surface area contributed by atoms with Crippen molar-refractivity contribution in [3.8, 4) is 0 Å². The summed E-state index contributed by atoms with van der Waals surface area (Å²) in [5.74, 6) is -0.512. The average molecular weight is 264 g/mol. The number of pyridine rings is 1. The molecule has 1 heterocycles. The van der Waals surface area contributed by atoms with Gasteiger partial charge in [0.25, 0.3) is 0 Å². The molecule has 1 atom stereocenters. The summed E-state index contributed by atoms with van der Waals surface area (Å²) >= 11 is 8.95. The molecule has 1 aromatic rings. The maximum atomic E-state index is 10.6. The summed E-state index contributed by atoms with van der Waals surface area (Å²) in [6.45, 7) is 0. The molecule has 0 radical (unpaired) electrons. The van der Waals surface area contributed by atoms with E-state index in [1.165, 1.54) is 0 Å². The highest BCUT2D eigenvalue weighted by Crippen LogP contribution is 2.12. The van der Waals surface area contributed by atoms with Crippen LogP contribution in [0.4, 0.5) is 0 Å². The number of aromatic nitrogens is 1. The smallest absolute Gasteiger partial charge is 0.235 e. The summed E-state index contributed by atoms with van der Waals surface area (Å²) in [5, 5.41) is -0.670. The standard InChI is InChI=1S/C8H8BrClN2O/c9-6-1-5(3-12-4-6)2-7(10)8(11)13/h1,3-4,7H,2H2,(H2,11,13). The minimum atomic E-state index is -0.670. The Hall–Kier alpha value is -0.610. The minimum Gasteiger partial charge on any atom is -0.368 e. The van der Waals surface area contributed by atoms with E-state index in [2.05, 4.69) is 20.9 Å². The number of rotatable bonds is 3. The lowest BCUT2D eigenvalue weighted by atomic mass is 10.1. The highest BCUT2D eigenvalue weighted by atomic mass is 79.9. The van der Waals surface area contributed by atoms with Gasteiger partial charge in [-0.3, -0.25) is 9.78 Å². The first-order chi connectivity index (χ1) is 6.09. The second-order valence-electron chi connectivity index (χ2n) is 2.59. The minimum absolute atomic E-state index is 0.406. The zero-order valence-electron chi connectivity index (χ0n) is 6.71. The molecule has 1 unspecified atom stereocenters. The van der Waals surface area contributed by atoms with Crippen molar-refractivity contribution in [3.63, 3.8) is 0 Å². The molecule has 0 aliphatic carbocycles. The van der Waals surface area contributed by atoms with Gasteiger partial charge < -0.3 is 5.73 Å². The van der Waals surface area contributed by atoms with Crippen molar-refractivity contribution in [2.75, 3.05) is 0 Å². The monoisotopic (exact) mass is 262 g/mol. The zero-order valence-corrected chi connectivity index (χ0v) is 9.05. The maximum absolute atomic E-state index is 10.6. The summed E-state index contributed by atoms with van der Waals surface area (Å²) in [5.41, 5.74) is 5.90. The number of nitrogens with two attached hydrogens (primary N) is 1. The Labute approximate surface area is 89.4 Å². The normalized spacial score (nSPS) is 12.5. The van der Waals surface area contributed by atoms with Gasteiger partial charge in [0.05, 0.1) is 0 Å². The SMILES string of the molecule is NC(=O)C(Cl)Cc1cncc(Br)c1. The second-order valence-corrected chi connectivity index (χ2v) is 4.03. The molecule has 3 nitrogen and oxygen atoms in total. The summed E-state index contributed by atoms with van der Waals surface area (Å²) in [6.07, 6.45) is 3.73. The van der Waals surface area contributed by atoms with Crippen LogP contribution in [0.15, 0.2) is 22.9 Å². The molecular formula is C8H8BrClN2O. The van der Waals surface area contributed by atoms with Gasteiger partial charge in [-0.15, -0.1) is 11.6 Å². The number of alkyl halides is 1. The van der Waals surface area contributed by atoms with E-state index in [9.17, 15) is 4.79 Å². The van der Waals surface area contributed by atoms with E-state index in [0.717, 1.165) is 10.0 Å². The fourth-order valence-corrected chi connectivity index (χ4v) is 1.47. The van der Waals surface area contributed by atoms with Crippen LogP contribution in [0.2, 0.25) is 0 Å². The van der Waals surface area contributed by atoms with E-state index in [1.54, 1.807) is 12.4 Å². The number of carbonyl (C=O) groups is 1. The second kappa shape index (κ2) is 4.58. The molecule has 0 aliphatic heterocycles. The molecule has 1 aromatic heterocycles. The quantitative estimate of drug-likeness (QED) is 0.840. The molecule has 0 saturated heterocycles. The van der Waals surface area contributed by atoms with Crippen LogP contribution < -0.4 is 5.73 Å². The van der Waals surface area contributed by atoms with Crippen molar-refractivity contribution < 1.29 is 4.79 Å². The molecule has 1 amide bonds. The number of nitrogens with zero attached hydrogens (tertiary/aromatic N) is 1. The van der Waals surface area contributed by atoms with Crippen molar-refractivity contribution in [3.05, 3.63) is 28.5 Å². The lowest BCUT2D eigenvalue weighted by Gasteiger charge is -2.04. The largest absolute Gasteiger partial charge is 0.368 e. The van der Waals surface area contributed by atoms with Crippen molar-refractivity contribution in [2.24, 2.45) is 5.73 Å². The van der Waals surface area contributed by atoms with Crippen molar-refractivity contribution in [1.82, 2.24) is 4.98 Å².